The van der Waals surface area contributed by atoms with E-state index >= 15 is 0 Å². The summed E-state index contributed by atoms with van der Waals surface area (Å²) < 4.78 is 41.9. The van der Waals surface area contributed by atoms with Gasteiger partial charge in [-0.05, 0) is 45.0 Å². The Morgan fingerprint density at radius 3 is 2.82 bits per heavy atom. The fourth-order valence-electron chi connectivity index (χ4n) is 3.67. The van der Waals surface area contributed by atoms with Gasteiger partial charge in [0.1, 0.15) is 10.7 Å². The molecule has 2 aromatic rings. The number of nitrogens with one attached hydrogen (secondary N) is 2. The number of thiazole rings is 1. The van der Waals surface area contributed by atoms with E-state index in [2.05, 4.69) is 26.0 Å². The van der Waals surface area contributed by atoms with Crippen molar-refractivity contribution in [3.05, 3.63) is 46.2 Å². The highest BCUT2D eigenvalue weighted by molar-refractivity contribution is 7.93. The van der Waals surface area contributed by atoms with Crippen molar-refractivity contribution in [2.45, 2.75) is 29.8 Å². The van der Waals surface area contributed by atoms with Crippen molar-refractivity contribution >= 4 is 43.8 Å². The van der Waals surface area contributed by atoms with Crippen molar-refractivity contribution in [3.8, 4) is 0 Å². The largest absolute Gasteiger partial charge is 0.379 e. The molecule has 1 fully saturated rings. The van der Waals surface area contributed by atoms with Gasteiger partial charge in [-0.2, -0.15) is 0 Å². The third-order valence-corrected chi connectivity index (χ3v) is 7.65. The number of likely N-dealkylation sites (N-methyl/N-ethyl adjacent to an activating group) is 1. The highest BCUT2D eigenvalue weighted by Gasteiger charge is 2.40. The zero-order chi connectivity index (χ0) is 20.1. The van der Waals surface area contributed by atoms with E-state index < -0.39 is 20.7 Å². The number of aromatic nitrogens is 1. The minimum atomic E-state index is -4.12. The molecule has 6 nitrogen and oxygen atoms in total. The number of benzene rings is 1. The normalized spacial score (nSPS) is 23.9. The molecule has 0 bridgehead atoms. The molecular weight excluding hydrogens is 423 g/mol. The fraction of sp³-hybridized carbons (Fsp3) is 0.389. The molecule has 0 radical (unpaired) electrons. The summed E-state index contributed by atoms with van der Waals surface area (Å²) in [7, 11) is -0.0739. The maximum Gasteiger partial charge on any atom is 0.266 e. The van der Waals surface area contributed by atoms with Gasteiger partial charge in [-0.15, -0.1) is 11.3 Å². The predicted octanol–water partition coefficient (Wildman–Crippen LogP) is 3.80. The molecule has 3 atom stereocenters. The molecule has 0 spiro atoms. The lowest BCUT2D eigenvalue weighted by Gasteiger charge is -2.37. The smallest absolute Gasteiger partial charge is 0.266 e. The fourth-order valence-corrected chi connectivity index (χ4v) is 5.83. The van der Waals surface area contributed by atoms with Crippen LogP contribution in [-0.4, -0.2) is 44.5 Å². The Bertz CT molecular complexity index is 1020. The summed E-state index contributed by atoms with van der Waals surface area (Å²) in [6, 6.07) is 2.65. The minimum absolute atomic E-state index is 0.0767. The summed E-state index contributed by atoms with van der Waals surface area (Å²) in [5.41, 5.74) is 1.81. The standard InChI is InChI=1S/C18H20ClFN4O2S2/c1-24(2)16-7-11-5-10(11)6-15(16)22-14-9-13(20)17(8-12(14)19)28(25,26)23-18-21-3-4-27-18/h3-5,8-9,11,15-16,22H,6-7H2,1-2H3,(H,21,23)/t11-,15-,16-/m1/s1. The number of hydrogen-bond donors (Lipinski definition) is 2. The van der Waals surface area contributed by atoms with Crippen LogP contribution in [0, 0.1) is 11.7 Å². The van der Waals surface area contributed by atoms with Crippen molar-refractivity contribution in [1.29, 1.82) is 0 Å². The monoisotopic (exact) mass is 442 g/mol. The molecule has 1 aromatic heterocycles. The summed E-state index contributed by atoms with van der Waals surface area (Å²) in [6.07, 6.45) is 5.62. The maximum absolute atomic E-state index is 14.7. The van der Waals surface area contributed by atoms with E-state index in [1.54, 1.807) is 5.38 Å². The zero-order valence-electron chi connectivity index (χ0n) is 15.3. The van der Waals surface area contributed by atoms with Gasteiger partial charge in [0.25, 0.3) is 10.0 Å². The van der Waals surface area contributed by atoms with Gasteiger partial charge in [0.2, 0.25) is 0 Å². The van der Waals surface area contributed by atoms with E-state index in [0.29, 0.717) is 11.6 Å². The minimum Gasteiger partial charge on any atom is -0.379 e. The second-order valence-corrected chi connectivity index (χ2v) is 10.2. The molecule has 2 aliphatic carbocycles. The molecule has 1 aromatic carbocycles. The van der Waals surface area contributed by atoms with E-state index in [0.717, 1.165) is 36.3 Å². The highest BCUT2D eigenvalue weighted by atomic mass is 35.5. The molecule has 2 aliphatic rings. The molecule has 0 saturated heterocycles. The number of hydrogen-bond acceptors (Lipinski definition) is 6. The van der Waals surface area contributed by atoms with Gasteiger partial charge in [0.05, 0.1) is 10.7 Å². The van der Waals surface area contributed by atoms with Gasteiger partial charge in [-0.3, -0.25) is 4.72 Å². The highest BCUT2D eigenvalue weighted by Crippen LogP contribution is 2.44. The predicted molar refractivity (Wildman–Crippen MR) is 110 cm³/mol. The van der Waals surface area contributed by atoms with Gasteiger partial charge in [-0.1, -0.05) is 23.3 Å². The third-order valence-electron chi connectivity index (χ3n) is 5.17. The first-order chi connectivity index (χ1) is 13.2. The topological polar surface area (TPSA) is 74.3 Å². The number of allylic oxidation sites excluding steroid dienone is 1. The van der Waals surface area contributed by atoms with E-state index in [9.17, 15) is 12.8 Å². The maximum atomic E-state index is 14.7. The Morgan fingerprint density at radius 1 is 1.36 bits per heavy atom. The number of halogens is 2. The van der Waals surface area contributed by atoms with E-state index in [4.69, 9.17) is 11.6 Å². The molecule has 4 rings (SSSR count). The Kier molecular flexibility index (Phi) is 5.11. The molecule has 28 heavy (non-hydrogen) atoms. The quantitative estimate of drug-likeness (QED) is 0.665. The van der Waals surface area contributed by atoms with Gasteiger partial charge >= 0.3 is 0 Å². The molecule has 0 amide bonds. The van der Waals surface area contributed by atoms with Crippen LogP contribution in [0.15, 0.2) is 40.3 Å². The molecule has 0 aliphatic heterocycles. The average molecular weight is 443 g/mol. The van der Waals surface area contributed by atoms with Crippen molar-refractivity contribution in [1.82, 2.24) is 9.88 Å². The van der Waals surface area contributed by atoms with Crippen LogP contribution in [-0.2, 0) is 10.0 Å². The van der Waals surface area contributed by atoms with Crippen LogP contribution in [0.1, 0.15) is 12.8 Å². The first-order valence-corrected chi connectivity index (χ1v) is 11.5. The van der Waals surface area contributed by atoms with Crippen molar-refractivity contribution in [2.75, 3.05) is 24.1 Å². The van der Waals surface area contributed by atoms with Crippen LogP contribution in [0.2, 0.25) is 5.02 Å². The molecule has 0 unspecified atom stereocenters. The summed E-state index contributed by atoms with van der Waals surface area (Å²) in [6.45, 7) is 0. The second-order valence-electron chi connectivity index (χ2n) is 7.27. The SMILES string of the molecule is CN(C)[C@@H]1C[C@H]2C=C2C[C@H]1Nc1cc(F)c(S(=O)(=O)Nc2nccs2)cc1Cl. The van der Waals surface area contributed by atoms with Crippen LogP contribution < -0.4 is 10.0 Å². The summed E-state index contributed by atoms with van der Waals surface area (Å²) in [4.78, 5) is 5.51. The average Bonchev–Trinajstić information content (AvgIpc) is 3.20. The van der Waals surface area contributed by atoms with Crippen molar-refractivity contribution in [2.24, 2.45) is 5.92 Å². The van der Waals surface area contributed by atoms with Gasteiger partial charge in [0.15, 0.2) is 5.13 Å². The van der Waals surface area contributed by atoms with Gasteiger partial charge in [-0.25, -0.2) is 17.8 Å². The number of fused-ring (bicyclic) bond motifs is 1. The first-order valence-electron chi connectivity index (χ1n) is 8.79. The number of sulfonamides is 1. The number of nitrogens with zero attached hydrogens (tertiary/aromatic N) is 2. The van der Waals surface area contributed by atoms with E-state index in [-0.39, 0.29) is 22.2 Å². The lowest BCUT2D eigenvalue weighted by atomic mass is 9.89. The van der Waals surface area contributed by atoms with Crippen LogP contribution in [0.5, 0.6) is 0 Å². The van der Waals surface area contributed by atoms with Crippen LogP contribution in [0.3, 0.4) is 0 Å². The molecule has 1 saturated carbocycles. The lowest BCUT2D eigenvalue weighted by Crippen LogP contribution is -2.46. The van der Waals surface area contributed by atoms with Gasteiger partial charge in [0, 0.05) is 23.7 Å². The summed E-state index contributed by atoms with van der Waals surface area (Å²) in [5.74, 6) is -0.279. The van der Waals surface area contributed by atoms with Crippen LogP contribution >= 0.6 is 22.9 Å². The Labute approximate surface area is 172 Å². The molecule has 10 heteroatoms. The Morgan fingerprint density at radius 2 is 2.14 bits per heavy atom. The van der Waals surface area contributed by atoms with E-state index in [1.807, 2.05) is 14.1 Å². The van der Waals surface area contributed by atoms with Crippen LogP contribution in [0.4, 0.5) is 15.2 Å². The molecule has 2 N–H and O–H groups in total. The second kappa shape index (κ2) is 7.29. The molecule has 1 heterocycles. The number of rotatable bonds is 6. The van der Waals surface area contributed by atoms with Crippen molar-refractivity contribution in [3.63, 3.8) is 0 Å². The van der Waals surface area contributed by atoms with E-state index in [1.165, 1.54) is 11.8 Å². The summed E-state index contributed by atoms with van der Waals surface area (Å²) in [5, 5.41) is 5.27. The molecule has 150 valence electrons. The molecular formula is C18H20ClFN4O2S2. The van der Waals surface area contributed by atoms with Crippen molar-refractivity contribution < 1.29 is 12.8 Å². The lowest BCUT2D eigenvalue weighted by molar-refractivity contribution is 0.227. The first kappa shape index (κ1) is 19.6. The Hall–Kier alpha value is -1.68. The Balaban J connectivity index is 1.58. The van der Waals surface area contributed by atoms with Crippen LogP contribution in [0.25, 0.3) is 0 Å². The number of anilines is 2. The zero-order valence-corrected chi connectivity index (χ0v) is 17.7. The van der Waals surface area contributed by atoms with Gasteiger partial charge < -0.3 is 10.2 Å². The summed E-state index contributed by atoms with van der Waals surface area (Å²) >= 11 is 7.43. The third kappa shape index (κ3) is 3.89.